The fourth-order valence-electron chi connectivity index (χ4n) is 2.26. The van der Waals surface area contributed by atoms with Crippen LogP contribution in [0, 0.1) is 0 Å². The lowest BCUT2D eigenvalue weighted by Gasteiger charge is -2.09. The number of hydrogen-bond acceptors (Lipinski definition) is 4. The van der Waals surface area contributed by atoms with E-state index in [9.17, 15) is 4.79 Å². The molecule has 0 atom stereocenters. The average molecular weight is 408 g/mol. The second kappa shape index (κ2) is 9.93. The summed E-state index contributed by atoms with van der Waals surface area (Å²) in [5.74, 6) is 2.24. The summed E-state index contributed by atoms with van der Waals surface area (Å²) in [5.41, 5.74) is 1.08. The van der Waals surface area contributed by atoms with Gasteiger partial charge in [0.25, 0.3) is 0 Å². The van der Waals surface area contributed by atoms with Crippen LogP contribution >= 0.6 is 15.9 Å². The number of benzene rings is 2. The van der Waals surface area contributed by atoms with Crippen molar-refractivity contribution in [3.05, 3.63) is 52.5 Å². The predicted octanol–water partition coefficient (Wildman–Crippen LogP) is 3.59. The molecule has 0 aromatic heterocycles. The summed E-state index contributed by atoms with van der Waals surface area (Å²) < 4.78 is 16.8. The first-order chi connectivity index (χ1) is 12.1. The van der Waals surface area contributed by atoms with Crippen LogP contribution in [0.4, 0.5) is 0 Å². The minimum Gasteiger partial charge on any atom is -0.497 e. The van der Waals surface area contributed by atoms with E-state index in [-0.39, 0.29) is 5.91 Å². The molecule has 0 heterocycles. The number of hydrogen-bond donors (Lipinski definition) is 1. The highest BCUT2D eigenvalue weighted by Gasteiger charge is 2.05. The van der Waals surface area contributed by atoms with Crippen LogP contribution in [0.2, 0.25) is 0 Å². The van der Waals surface area contributed by atoms with Gasteiger partial charge in [-0.15, -0.1) is 0 Å². The number of rotatable bonds is 9. The monoisotopic (exact) mass is 407 g/mol. The number of methoxy groups -OCH3 is 2. The molecule has 5 nitrogen and oxygen atoms in total. The third kappa shape index (κ3) is 6.31. The Bertz CT molecular complexity index is 706. The second-order valence-electron chi connectivity index (χ2n) is 5.35. The highest BCUT2D eigenvalue weighted by atomic mass is 79.9. The lowest BCUT2D eigenvalue weighted by Crippen LogP contribution is -2.28. The zero-order chi connectivity index (χ0) is 18.1. The van der Waals surface area contributed by atoms with Crippen molar-refractivity contribution in [3.8, 4) is 17.2 Å². The van der Waals surface area contributed by atoms with Gasteiger partial charge < -0.3 is 19.5 Å². The summed E-state index contributed by atoms with van der Waals surface area (Å²) in [6, 6.07) is 13.2. The van der Waals surface area contributed by atoms with E-state index < -0.39 is 0 Å². The molecule has 1 amide bonds. The van der Waals surface area contributed by atoms with E-state index in [4.69, 9.17) is 14.2 Å². The van der Waals surface area contributed by atoms with Crippen LogP contribution in [0.5, 0.6) is 17.2 Å². The summed E-state index contributed by atoms with van der Waals surface area (Å²) in [7, 11) is 3.24. The van der Waals surface area contributed by atoms with Crippen molar-refractivity contribution in [1.82, 2.24) is 5.32 Å². The van der Waals surface area contributed by atoms with E-state index in [0.717, 1.165) is 27.3 Å². The average Bonchev–Trinajstić information content (AvgIpc) is 2.64. The number of aryl methyl sites for hydroxylation is 1. The Hall–Kier alpha value is -2.21. The van der Waals surface area contributed by atoms with Crippen molar-refractivity contribution in [2.45, 2.75) is 12.8 Å². The molecule has 25 heavy (non-hydrogen) atoms. The molecule has 134 valence electrons. The first kappa shape index (κ1) is 19.1. The molecule has 1 N–H and O–H groups in total. The molecule has 0 bridgehead atoms. The maximum atomic E-state index is 11.9. The minimum absolute atomic E-state index is 0.00110. The Kier molecular flexibility index (Phi) is 7.60. The van der Waals surface area contributed by atoms with E-state index in [2.05, 4.69) is 21.2 Å². The molecular formula is C19H22BrNO4. The Morgan fingerprint density at radius 1 is 1.08 bits per heavy atom. The topological polar surface area (TPSA) is 56.8 Å². The molecule has 0 saturated carbocycles. The largest absolute Gasteiger partial charge is 0.497 e. The number of halogens is 1. The van der Waals surface area contributed by atoms with Gasteiger partial charge in [0.15, 0.2) is 0 Å². The van der Waals surface area contributed by atoms with Crippen LogP contribution in [-0.4, -0.2) is 33.3 Å². The lowest BCUT2D eigenvalue weighted by molar-refractivity contribution is -0.121. The molecule has 2 aromatic rings. The van der Waals surface area contributed by atoms with Crippen molar-refractivity contribution >= 4 is 21.8 Å². The molecule has 0 saturated heterocycles. The smallest absolute Gasteiger partial charge is 0.220 e. The SMILES string of the molecule is COc1cccc(OCCNC(=O)CCc2ccc(OC)c(Br)c2)c1. The van der Waals surface area contributed by atoms with Gasteiger partial charge in [-0.2, -0.15) is 0 Å². The van der Waals surface area contributed by atoms with Crippen LogP contribution in [0.1, 0.15) is 12.0 Å². The number of nitrogens with one attached hydrogen (secondary N) is 1. The highest BCUT2D eigenvalue weighted by molar-refractivity contribution is 9.10. The number of ether oxygens (including phenoxy) is 3. The quantitative estimate of drug-likeness (QED) is 0.645. The van der Waals surface area contributed by atoms with Crippen LogP contribution < -0.4 is 19.5 Å². The van der Waals surface area contributed by atoms with Gasteiger partial charge >= 0.3 is 0 Å². The molecule has 0 unspecified atom stereocenters. The molecule has 2 rings (SSSR count). The van der Waals surface area contributed by atoms with Gasteiger partial charge in [-0.3, -0.25) is 4.79 Å². The van der Waals surface area contributed by atoms with Crippen LogP contribution in [0.15, 0.2) is 46.9 Å². The van der Waals surface area contributed by atoms with Crippen LogP contribution in [0.25, 0.3) is 0 Å². The Labute approximate surface area is 156 Å². The second-order valence-corrected chi connectivity index (χ2v) is 6.20. The Morgan fingerprint density at radius 2 is 1.88 bits per heavy atom. The molecule has 0 spiro atoms. The normalized spacial score (nSPS) is 10.2. The fraction of sp³-hybridized carbons (Fsp3) is 0.316. The van der Waals surface area contributed by atoms with Crippen LogP contribution in [0.3, 0.4) is 0 Å². The Balaban J connectivity index is 1.67. The van der Waals surface area contributed by atoms with E-state index in [0.29, 0.717) is 26.0 Å². The van der Waals surface area contributed by atoms with Gasteiger partial charge in [-0.1, -0.05) is 12.1 Å². The standard InChI is InChI=1S/C19H22BrNO4/c1-23-15-4-3-5-16(13-15)25-11-10-21-19(22)9-7-14-6-8-18(24-2)17(20)12-14/h3-6,8,12-13H,7,9-11H2,1-2H3,(H,21,22). The first-order valence-corrected chi connectivity index (χ1v) is 8.77. The zero-order valence-corrected chi connectivity index (χ0v) is 16.0. The molecule has 0 aliphatic rings. The van der Waals surface area contributed by atoms with Crippen molar-refractivity contribution in [2.24, 2.45) is 0 Å². The summed E-state index contributed by atoms with van der Waals surface area (Å²) >= 11 is 3.45. The third-order valence-electron chi connectivity index (χ3n) is 3.59. The summed E-state index contributed by atoms with van der Waals surface area (Å²) in [5, 5.41) is 2.86. The highest BCUT2D eigenvalue weighted by Crippen LogP contribution is 2.26. The minimum atomic E-state index is 0.00110. The maximum absolute atomic E-state index is 11.9. The van der Waals surface area contributed by atoms with Gasteiger partial charge in [0.05, 0.1) is 25.2 Å². The number of carbonyl (C=O) groups is 1. The van der Waals surface area contributed by atoms with Gasteiger partial charge in [0, 0.05) is 12.5 Å². The summed E-state index contributed by atoms with van der Waals surface area (Å²) in [4.78, 5) is 11.9. The number of amides is 1. The van der Waals surface area contributed by atoms with Crippen molar-refractivity contribution in [1.29, 1.82) is 0 Å². The first-order valence-electron chi connectivity index (χ1n) is 7.98. The van der Waals surface area contributed by atoms with Crippen molar-refractivity contribution in [2.75, 3.05) is 27.4 Å². The van der Waals surface area contributed by atoms with E-state index >= 15 is 0 Å². The molecule has 0 fully saturated rings. The predicted molar refractivity (Wildman–Crippen MR) is 101 cm³/mol. The summed E-state index contributed by atoms with van der Waals surface area (Å²) in [6.07, 6.45) is 1.10. The molecule has 6 heteroatoms. The Morgan fingerprint density at radius 3 is 2.60 bits per heavy atom. The zero-order valence-electron chi connectivity index (χ0n) is 14.4. The fourth-order valence-corrected chi connectivity index (χ4v) is 2.85. The molecule has 2 aromatic carbocycles. The number of carbonyl (C=O) groups excluding carboxylic acids is 1. The maximum Gasteiger partial charge on any atom is 0.220 e. The van der Waals surface area contributed by atoms with Gasteiger partial charge in [0.2, 0.25) is 5.91 Å². The molecule has 0 aliphatic heterocycles. The van der Waals surface area contributed by atoms with Gasteiger partial charge in [-0.25, -0.2) is 0 Å². The van der Waals surface area contributed by atoms with E-state index in [1.807, 2.05) is 42.5 Å². The third-order valence-corrected chi connectivity index (χ3v) is 4.21. The molecule has 0 radical (unpaired) electrons. The summed E-state index contributed by atoms with van der Waals surface area (Å²) in [6.45, 7) is 0.870. The van der Waals surface area contributed by atoms with E-state index in [1.165, 1.54) is 0 Å². The lowest BCUT2D eigenvalue weighted by atomic mass is 10.1. The van der Waals surface area contributed by atoms with Crippen molar-refractivity contribution in [3.63, 3.8) is 0 Å². The van der Waals surface area contributed by atoms with Crippen molar-refractivity contribution < 1.29 is 19.0 Å². The van der Waals surface area contributed by atoms with Crippen LogP contribution in [-0.2, 0) is 11.2 Å². The molecular weight excluding hydrogens is 386 g/mol. The van der Waals surface area contributed by atoms with Gasteiger partial charge in [0.1, 0.15) is 23.9 Å². The van der Waals surface area contributed by atoms with E-state index in [1.54, 1.807) is 14.2 Å². The molecule has 0 aliphatic carbocycles. The van der Waals surface area contributed by atoms with Gasteiger partial charge in [-0.05, 0) is 52.2 Å².